The Balaban J connectivity index is 2.08. The van der Waals surface area contributed by atoms with Crippen LogP contribution in [0.2, 0.25) is 0 Å². The molecule has 0 radical (unpaired) electrons. The molecule has 2 aromatic heterocycles. The van der Waals surface area contributed by atoms with Gasteiger partial charge in [-0.05, 0) is 48.1 Å². The Morgan fingerprint density at radius 3 is 2.71 bits per heavy atom. The largest absolute Gasteiger partial charge is 0.375 e. The highest BCUT2D eigenvalue weighted by atomic mass is 79.9. The Morgan fingerprint density at radius 1 is 1.41 bits per heavy atom. The molecule has 0 amide bonds. The van der Waals surface area contributed by atoms with Crippen molar-refractivity contribution in [2.75, 3.05) is 5.32 Å². The molecule has 2 heterocycles. The molecular weight excluding hydrogens is 298 g/mol. The summed E-state index contributed by atoms with van der Waals surface area (Å²) in [5.41, 5.74) is 1.06. The van der Waals surface area contributed by atoms with E-state index in [0.29, 0.717) is 6.04 Å². The van der Waals surface area contributed by atoms with Gasteiger partial charge in [0.2, 0.25) is 0 Å². The predicted octanol–water partition coefficient (Wildman–Crippen LogP) is 4.46. The number of hydrogen-bond donors (Lipinski definition) is 1. The van der Waals surface area contributed by atoms with Gasteiger partial charge in [-0.25, -0.2) is 0 Å². The van der Waals surface area contributed by atoms with Crippen LogP contribution in [0.15, 0.2) is 28.3 Å². The Morgan fingerprint density at radius 2 is 2.18 bits per heavy atom. The second kappa shape index (κ2) is 5.23. The van der Waals surface area contributed by atoms with E-state index < -0.39 is 0 Å². The molecule has 5 heteroatoms. The van der Waals surface area contributed by atoms with Crippen molar-refractivity contribution >= 4 is 33.0 Å². The van der Waals surface area contributed by atoms with Gasteiger partial charge in [-0.2, -0.15) is 5.10 Å². The summed E-state index contributed by atoms with van der Waals surface area (Å²) in [5.74, 6) is 0. The number of rotatable bonds is 4. The minimum Gasteiger partial charge on any atom is -0.375 e. The van der Waals surface area contributed by atoms with Crippen molar-refractivity contribution in [1.29, 1.82) is 0 Å². The van der Waals surface area contributed by atoms with Crippen LogP contribution in [0.3, 0.4) is 0 Å². The molecule has 0 fully saturated rings. The fourth-order valence-electron chi connectivity index (χ4n) is 1.62. The molecule has 0 aliphatic carbocycles. The second-order valence-electron chi connectivity index (χ2n) is 4.30. The van der Waals surface area contributed by atoms with E-state index in [-0.39, 0.29) is 6.04 Å². The average Bonchev–Trinajstić information content (AvgIpc) is 2.86. The van der Waals surface area contributed by atoms with Gasteiger partial charge in [0.25, 0.3) is 0 Å². The monoisotopic (exact) mass is 313 g/mol. The standard InChI is InChI=1S/C12H16BrN3S/c1-8(2)16-7-10(6-14-16)15-9(3)12-11(13)4-5-17-12/h4-9,15H,1-3H3. The summed E-state index contributed by atoms with van der Waals surface area (Å²) in [5, 5.41) is 9.87. The van der Waals surface area contributed by atoms with Crippen LogP contribution in [0.1, 0.15) is 37.7 Å². The lowest BCUT2D eigenvalue weighted by molar-refractivity contribution is 0.532. The number of thiophene rings is 1. The molecule has 0 bridgehead atoms. The van der Waals surface area contributed by atoms with Crippen molar-refractivity contribution in [3.05, 3.63) is 33.2 Å². The van der Waals surface area contributed by atoms with E-state index in [1.807, 2.05) is 17.1 Å². The first kappa shape index (κ1) is 12.6. The zero-order valence-corrected chi connectivity index (χ0v) is 12.5. The summed E-state index contributed by atoms with van der Waals surface area (Å²) in [6, 6.07) is 2.76. The van der Waals surface area contributed by atoms with Crippen molar-refractivity contribution in [3.63, 3.8) is 0 Å². The predicted molar refractivity (Wildman–Crippen MR) is 76.7 cm³/mol. The molecule has 2 aromatic rings. The van der Waals surface area contributed by atoms with E-state index in [1.165, 1.54) is 9.35 Å². The summed E-state index contributed by atoms with van der Waals surface area (Å²) in [6.07, 6.45) is 3.92. The highest BCUT2D eigenvalue weighted by Gasteiger charge is 2.11. The molecule has 0 saturated heterocycles. The number of nitrogens with zero attached hydrogens (tertiary/aromatic N) is 2. The fraction of sp³-hybridized carbons (Fsp3) is 0.417. The summed E-state index contributed by atoms with van der Waals surface area (Å²) in [7, 11) is 0. The van der Waals surface area contributed by atoms with Gasteiger partial charge in [-0.1, -0.05) is 0 Å². The molecule has 0 saturated carbocycles. The molecular formula is C12H16BrN3S. The smallest absolute Gasteiger partial charge is 0.0731 e. The van der Waals surface area contributed by atoms with Crippen LogP contribution in [0.25, 0.3) is 0 Å². The van der Waals surface area contributed by atoms with Crippen LogP contribution in [0, 0.1) is 0 Å². The SMILES string of the molecule is CC(Nc1cnn(C(C)C)c1)c1sccc1Br. The molecule has 92 valence electrons. The second-order valence-corrected chi connectivity index (χ2v) is 6.10. The van der Waals surface area contributed by atoms with E-state index in [4.69, 9.17) is 0 Å². The number of hydrogen-bond acceptors (Lipinski definition) is 3. The maximum Gasteiger partial charge on any atom is 0.0731 e. The van der Waals surface area contributed by atoms with E-state index in [2.05, 4.69) is 58.6 Å². The molecule has 0 aliphatic heterocycles. The molecule has 17 heavy (non-hydrogen) atoms. The van der Waals surface area contributed by atoms with Crippen LogP contribution in [0.4, 0.5) is 5.69 Å². The lowest BCUT2D eigenvalue weighted by Crippen LogP contribution is -2.05. The third kappa shape index (κ3) is 2.90. The molecule has 2 rings (SSSR count). The normalized spacial score (nSPS) is 13.0. The summed E-state index contributed by atoms with van der Waals surface area (Å²) in [6.45, 7) is 6.40. The molecule has 1 atom stereocenters. The number of halogens is 1. The molecule has 0 aliphatic rings. The van der Waals surface area contributed by atoms with Gasteiger partial charge in [0.15, 0.2) is 0 Å². The molecule has 0 aromatic carbocycles. The van der Waals surface area contributed by atoms with Gasteiger partial charge < -0.3 is 5.32 Å². The highest BCUT2D eigenvalue weighted by molar-refractivity contribution is 9.10. The average molecular weight is 314 g/mol. The first-order valence-corrected chi connectivity index (χ1v) is 7.28. The van der Waals surface area contributed by atoms with Crippen molar-refractivity contribution in [1.82, 2.24) is 9.78 Å². The van der Waals surface area contributed by atoms with Gasteiger partial charge in [0.1, 0.15) is 0 Å². The number of anilines is 1. The van der Waals surface area contributed by atoms with E-state index in [9.17, 15) is 0 Å². The quantitative estimate of drug-likeness (QED) is 0.903. The van der Waals surface area contributed by atoms with Crippen molar-refractivity contribution in [3.8, 4) is 0 Å². The maximum atomic E-state index is 4.32. The molecule has 3 nitrogen and oxygen atoms in total. The lowest BCUT2D eigenvalue weighted by atomic mass is 10.2. The van der Waals surface area contributed by atoms with Crippen molar-refractivity contribution < 1.29 is 0 Å². The van der Waals surface area contributed by atoms with E-state index in [1.54, 1.807) is 11.3 Å². The van der Waals surface area contributed by atoms with Gasteiger partial charge in [0.05, 0.1) is 17.9 Å². The first-order chi connectivity index (χ1) is 8.08. The summed E-state index contributed by atoms with van der Waals surface area (Å²) in [4.78, 5) is 1.31. The summed E-state index contributed by atoms with van der Waals surface area (Å²) < 4.78 is 3.12. The minimum absolute atomic E-state index is 0.286. The Bertz CT molecular complexity index is 489. The van der Waals surface area contributed by atoms with Crippen molar-refractivity contribution in [2.24, 2.45) is 0 Å². The highest BCUT2D eigenvalue weighted by Crippen LogP contribution is 2.30. The number of aromatic nitrogens is 2. The van der Waals surface area contributed by atoms with Crippen LogP contribution in [-0.2, 0) is 0 Å². The van der Waals surface area contributed by atoms with Crippen LogP contribution < -0.4 is 5.32 Å². The molecule has 1 N–H and O–H groups in total. The van der Waals surface area contributed by atoms with Crippen molar-refractivity contribution in [2.45, 2.75) is 32.9 Å². The first-order valence-electron chi connectivity index (χ1n) is 5.61. The van der Waals surface area contributed by atoms with Crippen LogP contribution in [0.5, 0.6) is 0 Å². The number of nitrogens with one attached hydrogen (secondary N) is 1. The van der Waals surface area contributed by atoms with Gasteiger partial charge >= 0.3 is 0 Å². The fourth-order valence-corrected chi connectivity index (χ4v) is 3.35. The minimum atomic E-state index is 0.286. The molecule has 0 spiro atoms. The zero-order valence-electron chi connectivity index (χ0n) is 10.1. The third-order valence-electron chi connectivity index (χ3n) is 2.55. The van der Waals surface area contributed by atoms with Gasteiger partial charge in [-0.15, -0.1) is 11.3 Å². The van der Waals surface area contributed by atoms with Gasteiger partial charge in [0, 0.05) is 21.6 Å². The molecule has 1 unspecified atom stereocenters. The van der Waals surface area contributed by atoms with E-state index in [0.717, 1.165) is 5.69 Å². The maximum absolute atomic E-state index is 4.32. The Hall–Kier alpha value is -0.810. The lowest BCUT2D eigenvalue weighted by Gasteiger charge is -2.12. The van der Waals surface area contributed by atoms with E-state index >= 15 is 0 Å². The summed E-state index contributed by atoms with van der Waals surface area (Å²) >= 11 is 5.31. The van der Waals surface area contributed by atoms with Crippen LogP contribution >= 0.6 is 27.3 Å². The van der Waals surface area contributed by atoms with Crippen LogP contribution in [-0.4, -0.2) is 9.78 Å². The van der Waals surface area contributed by atoms with Gasteiger partial charge in [-0.3, -0.25) is 4.68 Å². The Labute approximate surface area is 114 Å². The topological polar surface area (TPSA) is 29.9 Å². The zero-order chi connectivity index (χ0) is 12.4. The Kier molecular flexibility index (Phi) is 3.89. The third-order valence-corrected chi connectivity index (χ3v) is 4.61.